The summed E-state index contributed by atoms with van der Waals surface area (Å²) in [6.07, 6.45) is 4.67. The van der Waals surface area contributed by atoms with Gasteiger partial charge in [-0.3, -0.25) is 4.79 Å². The summed E-state index contributed by atoms with van der Waals surface area (Å²) in [5, 5.41) is 0. The molecule has 0 N–H and O–H groups in total. The molecule has 0 bridgehead atoms. The second-order valence-corrected chi connectivity index (χ2v) is 6.80. The predicted molar refractivity (Wildman–Crippen MR) is 77.8 cm³/mol. The Morgan fingerprint density at radius 3 is 2.63 bits per heavy atom. The fourth-order valence-electron chi connectivity index (χ4n) is 3.41. The first-order chi connectivity index (χ1) is 8.89. The van der Waals surface area contributed by atoms with E-state index in [9.17, 15) is 4.79 Å². The Balaban J connectivity index is 2.10. The van der Waals surface area contributed by atoms with Crippen LogP contribution in [-0.4, -0.2) is 12.4 Å². The van der Waals surface area contributed by atoms with Gasteiger partial charge in [0.1, 0.15) is 12.0 Å². The van der Waals surface area contributed by atoms with Crippen molar-refractivity contribution in [2.75, 3.05) is 0 Å². The standard InChI is InChI=1S/C17H24O2/c1-12-7-15(10-17(3,4)9-12)19-16-6-5-14(11-18)8-13(16)2/h5-6,8,11-12,15H,7,9-10H2,1-4H3. The molecular weight excluding hydrogens is 236 g/mol. The summed E-state index contributed by atoms with van der Waals surface area (Å²) in [6, 6.07) is 5.64. The summed E-state index contributed by atoms with van der Waals surface area (Å²) in [4.78, 5) is 10.7. The minimum Gasteiger partial charge on any atom is -0.490 e. The van der Waals surface area contributed by atoms with Crippen molar-refractivity contribution in [1.82, 2.24) is 0 Å². The zero-order chi connectivity index (χ0) is 14.0. The van der Waals surface area contributed by atoms with Gasteiger partial charge in [0.2, 0.25) is 0 Å². The number of carbonyl (C=O) groups is 1. The minimum atomic E-state index is 0.291. The van der Waals surface area contributed by atoms with E-state index in [1.807, 2.05) is 25.1 Å². The molecular formula is C17H24O2. The molecule has 1 aliphatic rings. The number of benzene rings is 1. The first-order valence-corrected chi connectivity index (χ1v) is 7.12. The number of rotatable bonds is 3. The van der Waals surface area contributed by atoms with Crippen molar-refractivity contribution in [3.63, 3.8) is 0 Å². The van der Waals surface area contributed by atoms with E-state index in [4.69, 9.17) is 4.74 Å². The molecule has 1 fully saturated rings. The fourth-order valence-corrected chi connectivity index (χ4v) is 3.41. The molecule has 1 aromatic carbocycles. The van der Waals surface area contributed by atoms with E-state index in [0.29, 0.717) is 23.0 Å². The summed E-state index contributed by atoms with van der Waals surface area (Å²) in [7, 11) is 0. The SMILES string of the molecule is Cc1cc(C=O)ccc1OC1CC(C)CC(C)(C)C1. The van der Waals surface area contributed by atoms with Crippen LogP contribution < -0.4 is 4.74 Å². The van der Waals surface area contributed by atoms with Crippen molar-refractivity contribution in [2.45, 2.75) is 53.1 Å². The lowest BCUT2D eigenvalue weighted by Crippen LogP contribution is -2.34. The highest BCUT2D eigenvalue weighted by atomic mass is 16.5. The van der Waals surface area contributed by atoms with Crippen LogP contribution >= 0.6 is 0 Å². The molecule has 2 unspecified atom stereocenters. The zero-order valence-electron chi connectivity index (χ0n) is 12.4. The van der Waals surface area contributed by atoms with Crippen molar-refractivity contribution < 1.29 is 9.53 Å². The van der Waals surface area contributed by atoms with Gasteiger partial charge < -0.3 is 4.74 Å². The van der Waals surface area contributed by atoms with Crippen LogP contribution in [0.3, 0.4) is 0 Å². The van der Waals surface area contributed by atoms with Crippen molar-refractivity contribution >= 4 is 6.29 Å². The van der Waals surface area contributed by atoms with E-state index in [1.165, 1.54) is 6.42 Å². The average Bonchev–Trinajstić information content (AvgIpc) is 2.29. The lowest BCUT2D eigenvalue weighted by atomic mass is 9.71. The molecule has 2 nitrogen and oxygen atoms in total. The molecule has 2 heteroatoms. The van der Waals surface area contributed by atoms with E-state index in [0.717, 1.165) is 30.4 Å². The van der Waals surface area contributed by atoms with Crippen LogP contribution in [0, 0.1) is 18.3 Å². The molecule has 0 spiro atoms. The maximum Gasteiger partial charge on any atom is 0.150 e. The van der Waals surface area contributed by atoms with E-state index in [1.54, 1.807) is 0 Å². The first-order valence-electron chi connectivity index (χ1n) is 7.12. The van der Waals surface area contributed by atoms with Gasteiger partial charge in [-0.25, -0.2) is 0 Å². The Morgan fingerprint density at radius 1 is 1.32 bits per heavy atom. The summed E-state index contributed by atoms with van der Waals surface area (Å²) < 4.78 is 6.18. The van der Waals surface area contributed by atoms with Gasteiger partial charge in [0.25, 0.3) is 0 Å². The Morgan fingerprint density at radius 2 is 2.05 bits per heavy atom. The Kier molecular flexibility index (Phi) is 3.98. The molecule has 0 saturated heterocycles. The van der Waals surface area contributed by atoms with Crippen molar-refractivity contribution in [3.05, 3.63) is 29.3 Å². The van der Waals surface area contributed by atoms with Gasteiger partial charge in [-0.05, 0) is 61.3 Å². The molecule has 1 aromatic rings. The number of aldehydes is 1. The highest BCUT2D eigenvalue weighted by molar-refractivity contribution is 5.75. The van der Waals surface area contributed by atoms with Crippen molar-refractivity contribution in [3.8, 4) is 5.75 Å². The largest absolute Gasteiger partial charge is 0.490 e. The van der Waals surface area contributed by atoms with Gasteiger partial charge in [-0.2, -0.15) is 0 Å². The summed E-state index contributed by atoms with van der Waals surface area (Å²) in [5.74, 6) is 1.63. The lowest BCUT2D eigenvalue weighted by molar-refractivity contribution is 0.0558. The molecule has 104 valence electrons. The highest BCUT2D eigenvalue weighted by Crippen LogP contribution is 2.40. The third kappa shape index (κ3) is 3.59. The number of ether oxygens (including phenoxy) is 1. The van der Waals surface area contributed by atoms with Crippen LogP contribution in [-0.2, 0) is 0 Å². The van der Waals surface area contributed by atoms with Gasteiger partial charge in [-0.1, -0.05) is 20.8 Å². The molecule has 19 heavy (non-hydrogen) atoms. The molecule has 2 rings (SSSR count). The van der Waals surface area contributed by atoms with Crippen molar-refractivity contribution in [1.29, 1.82) is 0 Å². The number of hydrogen-bond acceptors (Lipinski definition) is 2. The highest BCUT2D eigenvalue weighted by Gasteiger charge is 2.33. The Bertz CT molecular complexity index is 462. The molecule has 1 saturated carbocycles. The quantitative estimate of drug-likeness (QED) is 0.753. The van der Waals surface area contributed by atoms with Crippen LogP contribution in [0.15, 0.2) is 18.2 Å². The zero-order valence-corrected chi connectivity index (χ0v) is 12.4. The first kappa shape index (κ1) is 14.1. The monoisotopic (exact) mass is 260 g/mol. The van der Waals surface area contributed by atoms with Gasteiger partial charge in [0, 0.05) is 5.56 Å². The van der Waals surface area contributed by atoms with Gasteiger partial charge in [-0.15, -0.1) is 0 Å². The summed E-state index contributed by atoms with van der Waals surface area (Å²) in [6.45, 7) is 8.95. The summed E-state index contributed by atoms with van der Waals surface area (Å²) >= 11 is 0. The van der Waals surface area contributed by atoms with Crippen LogP contribution in [0.4, 0.5) is 0 Å². The second kappa shape index (κ2) is 5.36. The molecule has 2 atom stereocenters. The maximum atomic E-state index is 10.7. The number of hydrogen-bond donors (Lipinski definition) is 0. The van der Waals surface area contributed by atoms with Crippen LogP contribution in [0.5, 0.6) is 5.75 Å². The third-order valence-electron chi connectivity index (χ3n) is 3.98. The lowest BCUT2D eigenvalue weighted by Gasteiger charge is -2.39. The minimum absolute atomic E-state index is 0.291. The maximum absolute atomic E-state index is 10.7. The van der Waals surface area contributed by atoms with Gasteiger partial charge >= 0.3 is 0 Å². The second-order valence-electron chi connectivity index (χ2n) is 6.80. The predicted octanol–water partition coefficient (Wildman–Crippen LogP) is 4.40. The molecule has 0 radical (unpaired) electrons. The molecule has 0 heterocycles. The Hall–Kier alpha value is -1.31. The van der Waals surface area contributed by atoms with Crippen LogP contribution in [0.2, 0.25) is 0 Å². The van der Waals surface area contributed by atoms with Gasteiger partial charge in [0.15, 0.2) is 0 Å². The van der Waals surface area contributed by atoms with Gasteiger partial charge in [0.05, 0.1) is 6.10 Å². The van der Waals surface area contributed by atoms with E-state index in [2.05, 4.69) is 20.8 Å². The third-order valence-corrected chi connectivity index (χ3v) is 3.98. The van der Waals surface area contributed by atoms with Crippen LogP contribution in [0.1, 0.15) is 56.0 Å². The summed E-state index contributed by atoms with van der Waals surface area (Å²) in [5.41, 5.74) is 2.11. The average molecular weight is 260 g/mol. The number of carbonyl (C=O) groups excluding carboxylic acids is 1. The topological polar surface area (TPSA) is 26.3 Å². The fraction of sp³-hybridized carbons (Fsp3) is 0.588. The number of aryl methyl sites for hydroxylation is 1. The van der Waals surface area contributed by atoms with E-state index < -0.39 is 0 Å². The van der Waals surface area contributed by atoms with Crippen molar-refractivity contribution in [2.24, 2.45) is 11.3 Å². The smallest absolute Gasteiger partial charge is 0.150 e. The molecule has 0 aliphatic heterocycles. The van der Waals surface area contributed by atoms with E-state index in [-0.39, 0.29) is 0 Å². The molecule has 1 aliphatic carbocycles. The van der Waals surface area contributed by atoms with Crippen LogP contribution in [0.25, 0.3) is 0 Å². The Labute approximate surface area is 116 Å². The molecule has 0 amide bonds. The molecule has 0 aromatic heterocycles. The van der Waals surface area contributed by atoms with E-state index >= 15 is 0 Å². The normalized spacial score (nSPS) is 25.9.